The van der Waals surface area contributed by atoms with E-state index in [-0.39, 0.29) is 17.1 Å². The summed E-state index contributed by atoms with van der Waals surface area (Å²) in [5.74, 6) is -0.864. The van der Waals surface area contributed by atoms with Gasteiger partial charge in [0, 0.05) is 0 Å². The Morgan fingerprint density at radius 2 is 1.79 bits per heavy atom. The van der Waals surface area contributed by atoms with E-state index < -0.39 is 11.9 Å². The van der Waals surface area contributed by atoms with Crippen molar-refractivity contribution in [2.45, 2.75) is 6.92 Å². The van der Waals surface area contributed by atoms with Gasteiger partial charge in [-0.25, -0.2) is 4.79 Å². The van der Waals surface area contributed by atoms with Crippen molar-refractivity contribution >= 4 is 11.9 Å². The summed E-state index contributed by atoms with van der Waals surface area (Å²) in [6, 6.07) is 10.8. The Labute approximate surface area is 139 Å². The first kappa shape index (κ1) is 18.8. The third-order valence-electron chi connectivity index (χ3n) is 2.88. The van der Waals surface area contributed by atoms with Gasteiger partial charge in [-0.3, -0.25) is 4.79 Å². The van der Waals surface area contributed by atoms with Gasteiger partial charge in [-0.15, -0.1) is 0 Å². The highest BCUT2D eigenvalue weighted by Gasteiger charge is 2.07. The molecule has 0 aromatic heterocycles. The summed E-state index contributed by atoms with van der Waals surface area (Å²) in [5, 5.41) is 17.7. The summed E-state index contributed by atoms with van der Waals surface area (Å²) in [4.78, 5) is 21.3. The minimum atomic E-state index is -1.05. The Kier molecular flexibility index (Phi) is 7.09. The van der Waals surface area contributed by atoms with Crippen LogP contribution in [0.15, 0.2) is 42.5 Å². The molecular formula is C17H19NO6. The Morgan fingerprint density at radius 1 is 1.12 bits per heavy atom. The predicted octanol–water partition coefficient (Wildman–Crippen LogP) is 2.28. The number of benzene rings is 2. The maximum Gasteiger partial charge on any atom is 0.335 e. The van der Waals surface area contributed by atoms with Crippen LogP contribution in [0.3, 0.4) is 0 Å². The summed E-state index contributed by atoms with van der Waals surface area (Å²) in [7, 11) is 1.36. The average Bonchev–Trinajstić information content (AvgIpc) is 2.56. The molecule has 7 nitrogen and oxygen atoms in total. The van der Waals surface area contributed by atoms with Gasteiger partial charge in [-0.1, -0.05) is 12.1 Å². The lowest BCUT2D eigenvalue weighted by atomic mass is 10.2. The molecular weight excluding hydrogens is 314 g/mol. The van der Waals surface area contributed by atoms with Crippen molar-refractivity contribution in [2.75, 3.05) is 13.7 Å². The second kappa shape index (κ2) is 9.04. The van der Waals surface area contributed by atoms with Crippen molar-refractivity contribution in [3.63, 3.8) is 0 Å². The molecule has 0 bridgehead atoms. The monoisotopic (exact) mass is 333 g/mol. The van der Waals surface area contributed by atoms with Crippen LogP contribution >= 0.6 is 0 Å². The first-order chi connectivity index (χ1) is 11.4. The number of aromatic carboxylic acids is 1. The average molecular weight is 333 g/mol. The normalized spacial score (nSPS) is 9.42. The number of carbonyl (C=O) groups is 2. The van der Waals surface area contributed by atoms with Crippen molar-refractivity contribution < 1.29 is 29.3 Å². The molecule has 0 aliphatic carbocycles. The molecule has 7 heteroatoms. The minimum absolute atomic E-state index is 0.0671. The van der Waals surface area contributed by atoms with E-state index in [1.807, 2.05) is 6.92 Å². The number of hydrogen-bond donors (Lipinski definition) is 3. The van der Waals surface area contributed by atoms with Crippen LogP contribution in [0.2, 0.25) is 0 Å². The zero-order valence-corrected chi connectivity index (χ0v) is 13.4. The smallest absolute Gasteiger partial charge is 0.335 e. The molecule has 2 rings (SSSR count). The van der Waals surface area contributed by atoms with Crippen molar-refractivity contribution in [3.8, 4) is 17.2 Å². The van der Waals surface area contributed by atoms with E-state index in [0.717, 1.165) is 0 Å². The van der Waals surface area contributed by atoms with Gasteiger partial charge >= 0.3 is 5.97 Å². The van der Waals surface area contributed by atoms with Crippen molar-refractivity contribution in [1.82, 2.24) is 0 Å². The number of para-hydroxylation sites is 1. The van der Waals surface area contributed by atoms with E-state index in [4.69, 9.17) is 25.4 Å². The van der Waals surface area contributed by atoms with Gasteiger partial charge in [0.1, 0.15) is 5.75 Å². The lowest BCUT2D eigenvalue weighted by Crippen LogP contribution is -2.12. The second-order valence-electron chi connectivity index (χ2n) is 4.49. The fourth-order valence-electron chi connectivity index (χ4n) is 1.76. The molecule has 0 aliphatic rings. The van der Waals surface area contributed by atoms with Crippen LogP contribution in [0.5, 0.6) is 17.2 Å². The molecule has 0 aliphatic heterocycles. The van der Waals surface area contributed by atoms with Crippen LogP contribution in [0.4, 0.5) is 0 Å². The van der Waals surface area contributed by atoms with Gasteiger partial charge in [-0.2, -0.15) is 0 Å². The number of nitrogens with two attached hydrogens (primary N) is 1. The van der Waals surface area contributed by atoms with Crippen molar-refractivity contribution in [3.05, 3.63) is 53.6 Å². The highest BCUT2D eigenvalue weighted by molar-refractivity contribution is 5.95. The first-order valence-electron chi connectivity index (χ1n) is 7.02. The zero-order valence-electron chi connectivity index (χ0n) is 13.4. The summed E-state index contributed by atoms with van der Waals surface area (Å²) in [5.41, 5.74) is 5.64. The van der Waals surface area contributed by atoms with E-state index in [2.05, 4.69) is 0 Å². The quantitative estimate of drug-likeness (QED) is 0.772. The molecule has 0 spiro atoms. The maximum absolute atomic E-state index is 10.8. The van der Waals surface area contributed by atoms with Crippen LogP contribution in [0, 0.1) is 0 Å². The minimum Gasteiger partial charge on any atom is -0.504 e. The van der Waals surface area contributed by atoms with Crippen LogP contribution in [-0.2, 0) is 0 Å². The number of methoxy groups -OCH3 is 1. The van der Waals surface area contributed by atoms with Gasteiger partial charge in [0.2, 0.25) is 0 Å². The first-order valence-corrected chi connectivity index (χ1v) is 7.02. The highest BCUT2D eigenvalue weighted by atomic mass is 16.5. The number of rotatable bonds is 5. The Hall–Kier alpha value is -3.22. The predicted molar refractivity (Wildman–Crippen MR) is 87.7 cm³/mol. The van der Waals surface area contributed by atoms with Gasteiger partial charge in [0.05, 0.1) is 24.8 Å². The number of carboxylic acids is 1. The van der Waals surface area contributed by atoms with Gasteiger partial charge in [0.15, 0.2) is 11.5 Å². The molecule has 0 unspecified atom stereocenters. The van der Waals surface area contributed by atoms with E-state index in [1.54, 1.807) is 24.3 Å². The Bertz CT molecular complexity index is 714. The third-order valence-corrected chi connectivity index (χ3v) is 2.88. The van der Waals surface area contributed by atoms with Crippen LogP contribution in [0.25, 0.3) is 0 Å². The highest BCUT2D eigenvalue weighted by Crippen LogP contribution is 2.26. The Balaban J connectivity index is 0.000000240. The number of primary amides is 1. The number of phenols is 1. The van der Waals surface area contributed by atoms with E-state index in [9.17, 15) is 9.59 Å². The zero-order chi connectivity index (χ0) is 18.1. The lowest BCUT2D eigenvalue weighted by molar-refractivity contribution is 0.0696. The molecule has 2 aromatic rings. The summed E-state index contributed by atoms with van der Waals surface area (Å²) in [6.45, 7) is 2.39. The fraction of sp³-hybridized carbons (Fsp3) is 0.176. The lowest BCUT2D eigenvalue weighted by Gasteiger charge is -2.05. The maximum atomic E-state index is 10.8. The third kappa shape index (κ3) is 5.20. The molecule has 128 valence electrons. The largest absolute Gasteiger partial charge is 0.504 e. The fourth-order valence-corrected chi connectivity index (χ4v) is 1.76. The molecule has 2 aromatic carbocycles. The molecule has 0 fully saturated rings. The van der Waals surface area contributed by atoms with Crippen LogP contribution < -0.4 is 15.2 Å². The van der Waals surface area contributed by atoms with Crippen LogP contribution in [0.1, 0.15) is 27.6 Å². The molecule has 4 N–H and O–H groups in total. The number of amides is 1. The summed E-state index contributed by atoms with van der Waals surface area (Å²) in [6.07, 6.45) is 0. The standard InChI is InChI=1S/C9H11NO2.C8H8O4/c1-2-12-8-6-4-3-5-7(8)9(10)11;1-12-7-4-5(8(10)11)2-3-6(7)9/h3-6H,2H2,1H3,(H2,10,11);2-4,9H,1H3,(H,10,11). The molecule has 24 heavy (non-hydrogen) atoms. The number of carboxylic acid groups (broad SMARTS) is 1. The van der Waals surface area contributed by atoms with E-state index in [0.29, 0.717) is 17.9 Å². The van der Waals surface area contributed by atoms with Crippen molar-refractivity contribution in [2.24, 2.45) is 5.73 Å². The number of ether oxygens (including phenoxy) is 2. The van der Waals surface area contributed by atoms with Gasteiger partial charge in [-0.05, 0) is 37.3 Å². The topological polar surface area (TPSA) is 119 Å². The summed E-state index contributed by atoms with van der Waals surface area (Å²) < 4.78 is 9.92. The second-order valence-corrected chi connectivity index (χ2v) is 4.49. The SMILES string of the molecule is CCOc1ccccc1C(N)=O.COc1cc(C(=O)O)ccc1O. The number of hydrogen-bond acceptors (Lipinski definition) is 5. The van der Waals surface area contributed by atoms with Gasteiger partial charge in [0.25, 0.3) is 5.91 Å². The molecule has 0 saturated carbocycles. The molecule has 0 atom stereocenters. The molecule has 0 radical (unpaired) electrons. The number of carbonyl (C=O) groups excluding carboxylic acids is 1. The van der Waals surface area contributed by atoms with Crippen molar-refractivity contribution in [1.29, 1.82) is 0 Å². The molecule has 0 saturated heterocycles. The molecule has 0 heterocycles. The Morgan fingerprint density at radius 3 is 2.33 bits per heavy atom. The van der Waals surface area contributed by atoms with E-state index >= 15 is 0 Å². The van der Waals surface area contributed by atoms with E-state index in [1.165, 1.54) is 25.3 Å². The van der Waals surface area contributed by atoms with Crippen LogP contribution in [-0.4, -0.2) is 35.8 Å². The number of phenolic OH excluding ortho intramolecular Hbond substituents is 1. The number of aromatic hydroxyl groups is 1. The molecule has 1 amide bonds. The summed E-state index contributed by atoms with van der Waals surface area (Å²) >= 11 is 0. The van der Waals surface area contributed by atoms with Gasteiger partial charge < -0.3 is 25.4 Å².